The predicted octanol–water partition coefficient (Wildman–Crippen LogP) is 5.06. The quantitative estimate of drug-likeness (QED) is 0.686. The van der Waals surface area contributed by atoms with Crippen LogP contribution in [0.25, 0.3) is 11.0 Å². The fourth-order valence-corrected chi connectivity index (χ4v) is 2.66. The Labute approximate surface area is 131 Å². The number of furan rings is 1. The van der Waals surface area contributed by atoms with Crippen molar-refractivity contribution >= 4 is 45.9 Å². The zero-order valence-corrected chi connectivity index (χ0v) is 12.8. The summed E-state index contributed by atoms with van der Waals surface area (Å²) in [6, 6.07) is 14.6. The molecule has 21 heavy (non-hydrogen) atoms. The number of fused-ring (bicyclic) bond motifs is 1. The minimum absolute atomic E-state index is 0.266. The SMILES string of the molecule is CSc1cccc(NC(=O)c2cc3cc(Cl)ccc3o2)c1. The fraction of sp³-hybridized carbons (Fsp3) is 0.0625. The maximum Gasteiger partial charge on any atom is 0.291 e. The van der Waals surface area contributed by atoms with Gasteiger partial charge in [0.1, 0.15) is 5.58 Å². The number of anilines is 1. The van der Waals surface area contributed by atoms with Crippen molar-refractivity contribution in [3.8, 4) is 0 Å². The molecule has 0 aliphatic rings. The lowest BCUT2D eigenvalue weighted by atomic mass is 10.2. The lowest BCUT2D eigenvalue weighted by Crippen LogP contribution is -2.10. The van der Waals surface area contributed by atoms with E-state index >= 15 is 0 Å². The lowest BCUT2D eigenvalue weighted by molar-refractivity contribution is 0.0998. The van der Waals surface area contributed by atoms with Crippen molar-refractivity contribution in [2.75, 3.05) is 11.6 Å². The highest BCUT2D eigenvalue weighted by molar-refractivity contribution is 7.98. The van der Waals surface area contributed by atoms with Crippen LogP contribution < -0.4 is 5.32 Å². The first-order chi connectivity index (χ1) is 10.2. The molecule has 0 fully saturated rings. The second kappa shape index (κ2) is 5.84. The molecule has 1 aromatic heterocycles. The van der Waals surface area contributed by atoms with Gasteiger partial charge in [-0.25, -0.2) is 0 Å². The zero-order chi connectivity index (χ0) is 14.8. The molecule has 106 valence electrons. The Bertz CT molecular complexity index is 813. The van der Waals surface area contributed by atoms with Crippen molar-refractivity contribution in [3.05, 3.63) is 59.3 Å². The van der Waals surface area contributed by atoms with E-state index < -0.39 is 0 Å². The van der Waals surface area contributed by atoms with Gasteiger partial charge in [-0.05, 0) is 48.7 Å². The topological polar surface area (TPSA) is 42.2 Å². The molecule has 0 aliphatic carbocycles. The standard InChI is InChI=1S/C16H12ClNO2S/c1-21-13-4-2-3-12(9-13)18-16(19)15-8-10-7-11(17)5-6-14(10)20-15/h2-9H,1H3,(H,18,19). The van der Waals surface area contributed by atoms with Crippen LogP contribution in [0.4, 0.5) is 5.69 Å². The first-order valence-electron chi connectivity index (χ1n) is 6.30. The van der Waals surface area contributed by atoms with Crippen LogP contribution in [0.3, 0.4) is 0 Å². The molecule has 3 aromatic rings. The molecule has 1 amide bonds. The van der Waals surface area contributed by atoms with Crippen molar-refractivity contribution in [3.63, 3.8) is 0 Å². The number of thioether (sulfide) groups is 1. The van der Waals surface area contributed by atoms with Gasteiger partial charge in [0.05, 0.1) is 0 Å². The first kappa shape index (κ1) is 14.0. The highest BCUT2D eigenvalue weighted by Crippen LogP contribution is 2.24. The lowest BCUT2D eigenvalue weighted by Gasteiger charge is -2.04. The summed E-state index contributed by atoms with van der Waals surface area (Å²) in [6.07, 6.45) is 1.99. The largest absolute Gasteiger partial charge is 0.451 e. The normalized spacial score (nSPS) is 10.8. The van der Waals surface area contributed by atoms with Crippen LogP contribution in [0.5, 0.6) is 0 Å². The molecule has 0 bridgehead atoms. The molecular formula is C16H12ClNO2S. The second-order valence-electron chi connectivity index (χ2n) is 4.48. The maximum absolute atomic E-state index is 12.2. The van der Waals surface area contributed by atoms with Gasteiger partial charge in [-0.15, -0.1) is 11.8 Å². The number of halogens is 1. The Morgan fingerprint density at radius 3 is 2.86 bits per heavy atom. The number of nitrogens with one attached hydrogen (secondary N) is 1. The van der Waals surface area contributed by atoms with Crippen LogP contribution in [0, 0.1) is 0 Å². The number of carbonyl (C=O) groups is 1. The molecular weight excluding hydrogens is 306 g/mol. The summed E-state index contributed by atoms with van der Waals surface area (Å²) in [5.41, 5.74) is 1.38. The molecule has 0 saturated carbocycles. The predicted molar refractivity (Wildman–Crippen MR) is 87.4 cm³/mol. The molecule has 3 nitrogen and oxygen atoms in total. The average molecular weight is 318 g/mol. The number of benzene rings is 2. The van der Waals surface area contributed by atoms with E-state index in [1.165, 1.54) is 0 Å². The van der Waals surface area contributed by atoms with Crippen LogP contribution in [-0.4, -0.2) is 12.2 Å². The van der Waals surface area contributed by atoms with Crippen molar-refractivity contribution in [1.29, 1.82) is 0 Å². The van der Waals surface area contributed by atoms with Gasteiger partial charge in [0.2, 0.25) is 0 Å². The molecule has 3 rings (SSSR count). The van der Waals surface area contributed by atoms with Crippen LogP contribution in [-0.2, 0) is 0 Å². The Morgan fingerprint density at radius 1 is 1.19 bits per heavy atom. The highest BCUT2D eigenvalue weighted by Gasteiger charge is 2.13. The van der Waals surface area contributed by atoms with Crippen LogP contribution >= 0.6 is 23.4 Å². The van der Waals surface area contributed by atoms with E-state index in [4.69, 9.17) is 16.0 Å². The zero-order valence-electron chi connectivity index (χ0n) is 11.2. The molecule has 0 atom stereocenters. The monoisotopic (exact) mass is 317 g/mol. The third kappa shape index (κ3) is 3.06. The van der Waals surface area contributed by atoms with Gasteiger partial charge in [-0.2, -0.15) is 0 Å². The van der Waals surface area contributed by atoms with E-state index in [0.29, 0.717) is 10.6 Å². The Hall–Kier alpha value is -1.91. The number of carbonyl (C=O) groups excluding carboxylic acids is 1. The van der Waals surface area contributed by atoms with Gasteiger partial charge in [-0.1, -0.05) is 17.7 Å². The van der Waals surface area contributed by atoms with E-state index in [1.54, 1.807) is 36.0 Å². The minimum atomic E-state index is -0.277. The number of amides is 1. The molecule has 2 aromatic carbocycles. The van der Waals surface area contributed by atoms with Gasteiger partial charge < -0.3 is 9.73 Å². The smallest absolute Gasteiger partial charge is 0.291 e. The number of hydrogen-bond acceptors (Lipinski definition) is 3. The van der Waals surface area contributed by atoms with E-state index in [9.17, 15) is 4.79 Å². The summed E-state index contributed by atoms with van der Waals surface area (Å²) in [4.78, 5) is 13.3. The Balaban J connectivity index is 1.86. The average Bonchev–Trinajstić information content (AvgIpc) is 2.90. The summed E-state index contributed by atoms with van der Waals surface area (Å²) in [6.45, 7) is 0. The van der Waals surface area contributed by atoms with Crippen molar-refractivity contribution < 1.29 is 9.21 Å². The third-order valence-corrected chi connectivity index (χ3v) is 3.99. The number of hydrogen-bond donors (Lipinski definition) is 1. The van der Waals surface area contributed by atoms with Crippen LogP contribution in [0.1, 0.15) is 10.6 Å². The molecule has 1 N–H and O–H groups in total. The minimum Gasteiger partial charge on any atom is -0.451 e. The molecule has 0 aliphatic heterocycles. The molecule has 0 radical (unpaired) electrons. The Morgan fingerprint density at radius 2 is 2.05 bits per heavy atom. The van der Waals surface area contributed by atoms with Gasteiger partial charge in [0, 0.05) is 21.0 Å². The summed E-state index contributed by atoms with van der Waals surface area (Å²) >= 11 is 7.55. The summed E-state index contributed by atoms with van der Waals surface area (Å²) in [7, 11) is 0. The molecule has 1 heterocycles. The number of rotatable bonds is 3. The molecule has 0 spiro atoms. The van der Waals surface area contributed by atoms with Gasteiger partial charge >= 0.3 is 0 Å². The summed E-state index contributed by atoms with van der Waals surface area (Å²) in [5, 5.41) is 4.25. The summed E-state index contributed by atoms with van der Waals surface area (Å²) in [5.74, 6) is -0.0117. The highest BCUT2D eigenvalue weighted by atomic mass is 35.5. The Kier molecular flexibility index (Phi) is 3.90. The molecule has 5 heteroatoms. The van der Waals surface area contributed by atoms with Crippen LogP contribution in [0.15, 0.2) is 57.8 Å². The summed E-state index contributed by atoms with van der Waals surface area (Å²) < 4.78 is 5.54. The van der Waals surface area contributed by atoms with E-state index in [-0.39, 0.29) is 11.7 Å². The maximum atomic E-state index is 12.2. The molecule has 0 saturated heterocycles. The van der Waals surface area contributed by atoms with Crippen molar-refractivity contribution in [2.45, 2.75) is 4.90 Å². The van der Waals surface area contributed by atoms with Crippen molar-refractivity contribution in [1.82, 2.24) is 0 Å². The third-order valence-electron chi connectivity index (χ3n) is 3.03. The van der Waals surface area contributed by atoms with Crippen LogP contribution in [0.2, 0.25) is 5.02 Å². The van der Waals surface area contributed by atoms with E-state index in [0.717, 1.165) is 16.0 Å². The van der Waals surface area contributed by atoms with E-state index in [1.807, 2.05) is 30.5 Å². The van der Waals surface area contributed by atoms with Crippen molar-refractivity contribution in [2.24, 2.45) is 0 Å². The first-order valence-corrected chi connectivity index (χ1v) is 7.90. The van der Waals surface area contributed by atoms with Gasteiger partial charge in [0.15, 0.2) is 5.76 Å². The van der Waals surface area contributed by atoms with Gasteiger partial charge in [0.25, 0.3) is 5.91 Å². The van der Waals surface area contributed by atoms with E-state index in [2.05, 4.69) is 5.32 Å². The molecule has 0 unspecified atom stereocenters. The second-order valence-corrected chi connectivity index (χ2v) is 5.79. The fourth-order valence-electron chi connectivity index (χ4n) is 2.02. The van der Waals surface area contributed by atoms with Gasteiger partial charge in [-0.3, -0.25) is 4.79 Å².